The van der Waals surface area contributed by atoms with E-state index >= 15 is 0 Å². The first-order valence-corrected chi connectivity index (χ1v) is 6.08. The molecule has 4 heteroatoms. The molecule has 2 N–H and O–H groups in total. The Morgan fingerprint density at radius 3 is 3.20 bits per heavy atom. The maximum absolute atomic E-state index is 5.91. The van der Waals surface area contributed by atoms with Crippen LogP contribution in [0.15, 0.2) is 6.33 Å². The van der Waals surface area contributed by atoms with E-state index in [4.69, 9.17) is 5.73 Å². The highest BCUT2D eigenvalue weighted by Crippen LogP contribution is 2.38. The van der Waals surface area contributed by atoms with Gasteiger partial charge in [0.15, 0.2) is 0 Å². The van der Waals surface area contributed by atoms with Gasteiger partial charge < -0.3 is 5.73 Å². The number of thiophene rings is 1. The van der Waals surface area contributed by atoms with Crippen molar-refractivity contribution in [1.29, 1.82) is 0 Å². The van der Waals surface area contributed by atoms with E-state index < -0.39 is 0 Å². The number of nitrogens with zero attached hydrogens (tertiary/aromatic N) is 2. The van der Waals surface area contributed by atoms with E-state index in [0.717, 1.165) is 22.6 Å². The number of nitrogens with two attached hydrogens (primary N) is 1. The molecule has 0 amide bonds. The molecular formula is C11H13N3S. The minimum absolute atomic E-state index is 0.645. The quantitative estimate of drug-likeness (QED) is 0.740. The maximum atomic E-state index is 5.91. The lowest BCUT2D eigenvalue weighted by Gasteiger charge is -2.17. The summed E-state index contributed by atoms with van der Waals surface area (Å²) in [6.45, 7) is 2.31. The first kappa shape index (κ1) is 9.09. The molecule has 0 aromatic carbocycles. The standard InChI is InChI=1S/C11H13N3S/c1-6-2-3-7-8(4-6)15-11-9(7)10(12)13-5-14-11/h5-6H,2-4H2,1H3,(H2,12,13,14)/t6-/m0/s1. The summed E-state index contributed by atoms with van der Waals surface area (Å²) in [5, 5.41) is 1.12. The number of anilines is 1. The Labute approximate surface area is 92.4 Å². The van der Waals surface area contributed by atoms with Gasteiger partial charge in [-0.15, -0.1) is 11.3 Å². The number of rotatable bonds is 0. The normalized spacial score (nSPS) is 20.5. The summed E-state index contributed by atoms with van der Waals surface area (Å²) >= 11 is 1.79. The molecule has 2 heterocycles. The molecule has 3 rings (SSSR count). The summed E-state index contributed by atoms with van der Waals surface area (Å²) in [7, 11) is 0. The monoisotopic (exact) mass is 219 g/mol. The minimum atomic E-state index is 0.645. The number of nitrogen functional groups attached to an aromatic ring is 1. The second kappa shape index (κ2) is 3.17. The average Bonchev–Trinajstić information content (AvgIpc) is 2.56. The molecule has 1 aliphatic carbocycles. The predicted octanol–water partition coefficient (Wildman–Crippen LogP) is 2.40. The van der Waals surface area contributed by atoms with Crippen LogP contribution in [0, 0.1) is 5.92 Å². The van der Waals surface area contributed by atoms with E-state index in [2.05, 4.69) is 16.9 Å². The highest BCUT2D eigenvalue weighted by molar-refractivity contribution is 7.18. The number of aryl methyl sites for hydroxylation is 1. The largest absolute Gasteiger partial charge is 0.383 e. The van der Waals surface area contributed by atoms with Crippen LogP contribution in [0.2, 0.25) is 0 Å². The van der Waals surface area contributed by atoms with Gasteiger partial charge in [0, 0.05) is 4.88 Å². The van der Waals surface area contributed by atoms with E-state index in [1.165, 1.54) is 23.3 Å². The highest BCUT2D eigenvalue weighted by atomic mass is 32.1. The van der Waals surface area contributed by atoms with Crippen molar-refractivity contribution in [1.82, 2.24) is 9.97 Å². The lowest BCUT2D eigenvalue weighted by Crippen LogP contribution is -2.08. The van der Waals surface area contributed by atoms with Crippen molar-refractivity contribution in [2.24, 2.45) is 5.92 Å². The number of hydrogen-bond acceptors (Lipinski definition) is 4. The molecule has 0 saturated heterocycles. The van der Waals surface area contributed by atoms with E-state index in [1.807, 2.05) is 0 Å². The second-order valence-corrected chi connectivity index (χ2v) is 5.37. The molecule has 0 saturated carbocycles. The van der Waals surface area contributed by atoms with E-state index in [-0.39, 0.29) is 0 Å². The zero-order valence-electron chi connectivity index (χ0n) is 8.66. The molecule has 3 nitrogen and oxygen atoms in total. The highest BCUT2D eigenvalue weighted by Gasteiger charge is 2.22. The average molecular weight is 219 g/mol. The van der Waals surface area contributed by atoms with E-state index in [9.17, 15) is 0 Å². The zero-order valence-corrected chi connectivity index (χ0v) is 9.47. The maximum Gasteiger partial charge on any atom is 0.135 e. The summed E-state index contributed by atoms with van der Waals surface area (Å²) in [5.74, 6) is 1.44. The van der Waals surface area contributed by atoms with Crippen molar-refractivity contribution in [3.63, 3.8) is 0 Å². The fourth-order valence-corrected chi connectivity index (χ4v) is 3.66. The molecule has 78 valence electrons. The van der Waals surface area contributed by atoms with Gasteiger partial charge in [-0.3, -0.25) is 0 Å². The van der Waals surface area contributed by atoms with Crippen molar-refractivity contribution in [3.05, 3.63) is 16.8 Å². The summed E-state index contributed by atoms with van der Waals surface area (Å²) in [4.78, 5) is 10.9. The SMILES string of the molecule is C[C@H]1CCc2c(sc3ncnc(N)c23)C1. The Kier molecular flexibility index (Phi) is 1.92. The van der Waals surface area contributed by atoms with Gasteiger partial charge in [-0.05, 0) is 30.7 Å². The van der Waals surface area contributed by atoms with Gasteiger partial charge in [0.1, 0.15) is 17.0 Å². The van der Waals surface area contributed by atoms with Crippen LogP contribution in [-0.4, -0.2) is 9.97 Å². The van der Waals surface area contributed by atoms with Crippen LogP contribution < -0.4 is 5.73 Å². The van der Waals surface area contributed by atoms with Crippen LogP contribution in [0.1, 0.15) is 23.8 Å². The molecule has 0 fully saturated rings. The summed E-state index contributed by atoms with van der Waals surface area (Å²) in [6.07, 6.45) is 5.13. The van der Waals surface area contributed by atoms with Crippen LogP contribution in [0.5, 0.6) is 0 Å². The first-order valence-electron chi connectivity index (χ1n) is 5.26. The molecule has 0 spiro atoms. The third-order valence-electron chi connectivity index (χ3n) is 3.12. The lowest BCUT2D eigenvalue weighted by molar-refractivity contribution is 0.509. The smallest absolute Gasteiger partial charge is 0.135 e. The Hall–Kier alpha value is -1.16. The fraction of sp³-hybridized carbons (Fsp3) is 0.455. The van der Waals surface area contributed by atoms with Crippen molar-refractivity contribution in [2.75, 3.05) is 5.73 Å². The van der Waals surface area contributed by atoms with Gasteiger partial charge in [-0.1, -0.05) is 6.92 Å². The van der Waals surface area contributed by atoms with Gasteiger partial charge in [-0.25, -0.2) is 9.97 Å². The van der Waals surface area contributed by atoms with Crippen LogP contribution in [0.4, 0.5) is 5.82 Å². The van der Waals surface area contributed by atoms with Gasteiger partial charge >= 0.3 is 0 Å². The molecule has 1 atom stereocenters. The van der Waals surface area contributed by atoms with Crippen molar-refractivity contribution in [2.45, 2.75) is 26.2 Å². The van der Waals surface area contributed by atoms with Crippen molar-refractivity contribution >= 4 is 27.4 Å². The van der Waals surface area contributed by atoms with Crippen molar-refractivity contribution < 1.29 is 0 Å². The topological polar surface area (TPSA) is 51.8 Å². The van der Waals surface area contributed by atoms with Crippen LogP contribution >= 0.6 is 11.3 Å². The van der Waals surface area contributed by atoms with Crippen molar-refractivity contribution in [3.8, 4) is 0 Å². The Bertz CT molecular complexity index is 518. The molecule has 1 aliphatic rings. The summed E-state index contributed by atoms with van der Waals surface area (Å²) < 4.78 is 0. The van der Waals surface area contributed by atoms with Gasteiger partial charge in [0.25, 0.3) is 0 Å². The minimum Gasteiger partial charge on any atom is -0.383 e. The fourth-order valence-electron chi connectivity index (χ4n) is 2.30. The van der Waals surface area contributed by atoms with Crippen LogP contribution in [0.25, 0.3) is 10.2 Å². The van der Waals surface area contributed by atoms with Gasteiger partial charge in [0.05, 0.1) is 5.39 Å². The zero-order chi connectivity index (χ0) is 10.4. The number of fused-ring (bicyclic) bond motifs is 3. The Balaban J connectivity index is 2.29. The van der Waals surface area contributed by atoms with Crippen LogP contribution in [0.3, 0.4) is 0 Å². The van der Waals surface area contributed by atoms with Gasteiger partial charge in [0.2, 0.25) is 0 Å². The van der Waals surface area contributed by atoms with Crippen LogP contribution in [-0.2, 0) is 12.8 Å². The summed E-state index contributed by atoms with van der Waals surface area (Å²) in [6, 6.07) is 0. The van der Waals surface area contributed by atoms with E-state index in [0.29, 0.717) is 5.82 Å². The second-order valence-electron chi connectivity index (χ2n) is 4.29. The molecule has 0 aliphatic heterocycles. The molecular weight excluding hydrogens is 206 g/mol. The number of hydrogen-bond donors (Lipinski definition) is 1. The molecule has 15 heavy (non-hydrogen) atoms. The third-order valence-corrected chi connectivity index (χ3v) is 4.28. The molecule has 0 radical (unpaired) electrons. The summed E-state index contributed by atoms with van der Waals surface area (Å²) in [5.41, 5.74) is 7.32. The molecule has 2 aromatic heterocycles. The van der Waals surface area contributed by atoms with E-state index in [1.54, 1.807) is 17.7 Å². The molecule has 0 unspecified atom stereocenters. The molecule has 2 aromatic rings. The lowest BCUT2D eigenvalue weighted by atomic mass is 9.89. The molecule has 0 bridgehead atoms. The van der Waals surface area contributed by atoms with Gasteiger partial charge in [-0.2, -0.15) is 0 Å². The Morgan fingerprint density at radius 2 is 2.33 bits per heavy atom. The first-order chi connectivity index (χ1) is 7.25. The third kappa shape index (κ3) is 1.32. The predicted molar refractivity (Wildman–Crippen MR) is 63.0 cm³/mol. The Morgan fingerprint density at radius 1 is 1.47 bits per heavy atom. The number of aromatic nitrogens is 2.